The zero-order chi connectivity index (χ0) is 18.2. The van der Waals surface area contributed by atoms with E-state index in [2.05, 4.69) is 10.2 Å². The maximum atomic E-state index is 12.0. The third-order valence-electron chi connectivity index (χ3n) is 4.26. The van der Waals surface area contributed by atoms with Gasteiger partial charge in [-0.2, -0.15) is 0 Å². The fourth-order valence-corrected chi connectivity index (χ4v) is 2.94. The van der Waals surface area contributed by atoms with Crippen molar-refractivity contribution in [1.82, 2.24) is 10.2 Å². The molecule has 0 bridgehead atoms. The smallest absolute Gasteiger partial charge is 0.409 e. The molecule has 138 valence electrons. The molecule has 1 atom stereocenters. The van der Waals surface area contributed by atoms with Gasteiger partial charge in [0.25, 0.3) is 0 Å². The molecule has 1 fully saturated rings. The van der Waals surface area contributed by atoms with E-state index in [0.717, 1.165) is 30.9 Å². The second kappa shape index (κ2) is 9.15. The molecule has 1 aliphatic heterocycles. The Labute approximate surface area is 148 Å². The van der Waals surface area contributed by atoms with Crippen LogP contribution in [0, 0.1) is 5.92 Å². The SMILES string of the molecule is CCOC(=O)N(C)CC(=O)NC[C@H]1CCN(c2ccccc2OC)C1. The number of nitrogens with zero attached hydrogens (tertiary/aromatic N) is 2. The summed E-state index contributed by atoms with van der Waals surface area (Å²) in [6, 6.07) is 7.96. The van der Waals surface area contributed by atoms with Gasteiger partial charge in [-0.25, -0.2) is 4.79 Å². The number of likely N-dealkylation sites (N-methyl/N-ethyl adjacent to an activating group) is 1. The van der Waals surface area contributed by atoms with Gasteiger partial charge in [0.05, 0.1) is 19.4 Å². The second-order valence-electron chi connectivity index (χ2n) is 6.13. The van der Waals surface area contributed by atoms with Crippen molar-refractivity contribution in [1.29, 1.82) is 0 Å². The Morgan fingerprint density at radius 2 is 2.12 bits per heavy atom. The topological polar surface area (TPSA) is 71.1 Å². The molecule has 0 saturated carbocycles. The molecule has 1 heterocycles. The zero-order valence-corrected chi connectivity index (χ0v) is 15.2. The summed E-state index contributed by atoms with van der Waals surface area (Å²) in [5.41, 5.74) is 1.08. The lowest BCUT2D eigenvalue weighted by Gasteiger charge is -2.21. The van der Waals surface area contributed by atoms with Crippen LogP contribution in [0.4, 0.5) is 10.5 Å². The number of carbonyl (C=O) groups excluding carboxylic acids is 2. The first-order chi connectivity index (χ1) is 12.0. The van der Waals surface area contributed by atoms with Crippen LogP contribution >= 0.6 is 0 Å². The highest BCUT2D eigenvalue weighted by molar-refractivity contribution is 5.82. The van der Waals surface area contributed by atoms with Crippen molar-refractivity contribution in [2.75, 3.05) is 51.8 Å². The standard InChI is InChI=1S/C18H27N3O4/c1-4-25-18(23)20(2)13-17(22)19-11-14-9-10-21(12-14)15-7-5-6-8-16(15)24-3/h5-8,14H,4,9-13H2,1-3H3,(H,19,22)/t14-/m1/s1. The number of carbonyl (C=O) groups is 2. The predicted octanol–water partition coefficient (Wildman–Crippen LogP) is 1.73. The van der Waals surface area contributed by atoms with E-state index in [1.54, 1.807) is 21.1 Å². The van der Waals surface area contributed by atoms with Gasteiger partial charge in [-0.1, -0.05) is 12.1 Å². The molecule has 1 aromatic carbocycles. The highest BCUT2D eigenvalue weighted by atomic mass is 16.6. The van der Waals surface area contributed by atoms with Crippen molar-refractivity contribution in [3.63, 3.8) is 0 Å². The Bertz CT molecular complexity index is 593. The monoisotopic (exact) mass is 349 g/mol. The number of hydrogen-bond acceptors (Lipinski definition) is 5. The molecule has 2 rings (SSSR count). The van der Waals surface area contributed by atoms with Crippen molar-refractivity contribution < 1.29 is 19.1 Å². The lowest BCUT2D eigenvalue weighted by atomic mass is 10.1. The Balaban J connectivity index is 1.78. The van der Waals surface area contributed by atoms with Crippen LogP contribution in [-0.4, -0.2) is 63.8 Å². The number of ether oxygens (including phenoxy) is 2. The number of nitrogens with one attached hydrogen (secondary N) is 1. The number of hydrogen-bond donors (Lipinski definition) is 1. The van der Waals surface area contributed by atoms with E-state index in [4.69, 9.17) is 9.47 Å². The molecule has 0 unspecified atom stereocenters. The van der Waals surface area contributed by atoms with Crippen LogP contribution in [0.15, 0.2) is 24.3 Å². The highest BCUT2D eigenvalue weighted by Crippen LogP contribution is 2.31. The number of amides is 2. The summed E-state index contributed by atoms with van der Waals surface area (Å²) in [7, 11) is 3.23. The third kappa shape index (κ3) is 5.27. The Morgan fingerprint density at radius 1 is 1.36 bits per heavy atom. The minimum absolute atomic E-state index is 0.00176. The summed E-state index contributed by atoms with van der Waals surface area (Å²) in [6.45, 7) is 4.44. The lowest BCUT2D eigenvalue weighted by Crippen LogP contribution is -2.40. The number of para-hydroxylation sites is 2. The van der Waals surface area contributed by atoms with Crippen LogP contribution in [0.25, 0.3) is 0 Å². The molecule has 0 aromatic heterocycles. The first kappa shape index (κ1) is 18.9. The van der Waals surface area contributed by atoms with Crippen LogP contribution in [-0.2, 0) is 9.53 Å². The van der Waals surface area contributed by atoms with E-state index >= 15 is 0 Å². The van der Waals surface area contributed by atoms with Gasteiger partial charge in [0.15, 0.2) is 0 Å². The van der Waals surface area contributed by atoms with Crippen LogP contribution in [0.1, 0.15) is 13.3 Å². The average molecular weight is 349 g/mol. The summed E-state index contributed by atoms with van der Waals surface area (Å²) >= 11 is 0. The number of anilines is 1. The van der Waals surface area contributed by atoms with E-state index in [1.807, 2.05) is 24.3 Å². The molecular weight excluding hydrogens is 322 g/mol. The first-order valence-corrected chi connectivity index (χ1v) is 8.57. The molecule has 1 N–H and O–H groups in total. The van der Waals surface area contributed by atoms with E-state index in [0.29, 0.717) is 19.1 Å². The van der Waals surface area contributed by atoms with Gasteiger partial charge in [-0.15, -0.1) is 0 Å². The molecule has 0 aliphatic carbocycles. The summed E-state index contributed by atoms with van der Waals surface area (Å²) in [5.74, 6) is 1.07. The number of rotatable bonds is 7. The van der Waals surface area contributed by atoms with Gasteiger partial charge in [-0.05, 0) is 31.4 Å². The fourth-order valence-electron chi connectivity index (χ4n) is 2.94. The van der Waals surface area contributed by atoms with Gasteiger partial charge in [0, 0.05) is 26.7 Å². The molecule has 25 heavy (non-hydrogen) atoms. The van der Waals surface area contributed by atoms with Gasteiger partial charge in [-0.3, -0.25) is 4.79 Å². The van der Waals surface area contributed by atoms with Crippen molar-refractivity contribution in [2.24, 2.45) is 5.92 Å². The van der Waals surface area contributed by atoms with Gasteiger partial charge in [0.1, 0.15) is 12.3 Å². The number of methoxy groups -OCH3 is 1. The molecule has 0 spiro atoms. The van der Waals surface area contributed by atoms with Crippen molar-refractivity contribution in [3.8, 4) is 5.75 Å². The molecule has 7 nitrogen and oxygen atoms in total. The molecular formula is C18H27N3O4. The minimum atomic E-state index is -0.485. The van der Waals surface area contributed by atoms with Crippen LogP contribution < -0.4 is 15.0 Å². The van der Waals surface area contributed by atoms with Gasteiger partial charge < -0.3 is 24.6 Å². The minimum Gasteiger partial charge on any atom is -0.495 e. The summed E-state index contributed by atoms with van der Waals surface area (Å²) < 4.78 is 10.3. The van der Waals surface area contributed by atoms with Crippen molar-refractivity contribution in [3.05, 3.63) is 24.3 Å². The van der Waals surface area contributed by atoms with Crippen molar-refractivity contribution in [2.45, 2.75) is 13.3 Å². The predicted molar refractivity (Wildman–Crippen MR) is 96.0 cm³/mol. The Kier molecular flexibility index (Phi) is 6.91. The molecule has 0 radical (unpaired) electrons. The summed E-state index contributed by atoms with van der Waals surface area (Å²) in [6.07, 6.45) is 0.521. The zero-order valence-electron chi connectivity index (χ0n) is 15.2. The van der Waals surface area contributed by atoms with Crippen LogP contribution in [0.5, 0.6) is 5.75 Å². The average Bonchev–Trinajstić information content (AvgIpc) is 3.09. The van der Waals surface area contributed by atoms with E-state index in [1.165, 1.54) is 4.90 Å². The Morgan fingerprint density at radius 3 is 2.84 bits per heavy atom. The van der Waals surface area contributed by atoms with Crippen LogP contribution in [0.2, 0.25) is 0 Å². The molecule has 1 saturated heterocycles. The van der Waals surface area contributed by atoms with Crippen LogP contribution in [0.3, 0.4) is 0 Å². The van der Waals surface area contributed by atoms with Gasteiger partial charge >= 0.3 is 6.09 Å². The molecule has 2 amide bonds. The van der Waals surface area contributed by atoms with Crippen molar-refractivity contribution >= 4 is 17.7 Å². The summed E-state index contributed by atoms with van der Waals surface area (Å²) in [4.78, 5) is 27.0. The first-order valence-electron chi connectivity index (χ1n) is 8.57. The van der Waals surface area contributed by atoms with Gasteiger partial charge in [0.2, 0.25) is 5.91 Å². The maximum absolute atomic E-state index is 12.0. The van der Waals surface area contributed by atoms with E-state index < -0.39 is 6.09 Å². The fraction of sp³-hybridized carbons (Fsp3) is 0.556. The van der Waals surface area contributed by atoms with E-state index in [9.17, 15) is 9.59 Å². The second-order valence-corrected chi connectivity index (χ2v) is 6.13. The highest BCUT2D eigenvalue weighted by Gasteiger charge is 2.25. The quantitative estimate of drug-likeness (QED) is 0.812. The summed E-state index contributed by atoms with van der Waals surface area (Å²) in [5, 5.41) is 2.91. The normalized spacial score (nSPS) is 16.4. The molecule has 1 aromatic rings. The maximum Gasteiger partial charge on any atom is 0.409 e. The molecule has 1 aliphatic rings. The van der Waals surface area contributed by atoms with E-state index in [-0.39, 0.29) is 12.5 Å². The lowest BCUT2D eigenvalue weighted by molar-refractivity contribution is -0.121. The molecule has 7 heteroatoms. The third-order valence-corrected chi connectivity index (χ3v) is 4.26. The Hall–Kier alpha value is -2.44. The largest absolute Gasteiger partial charge is 0.495 e. The number of benzene rings is 1.